The minimum absolute atomic E-state index is 0.000520. The van der Waals surface area contributed by atoms with E-state index in [0.717, 1.165) is 19.3 Å². The Bertz CT molecular complexity index is 345. The van der Waals surface area contributed by atoms with Crippen LogP contribution in [-0.2, 0) is 16.0 Å². The molecule has 1 aromatic rings. The van der Waals surface area contributed by atoms with Gasteiger partial charge in [-0.05, 0) is 37.7 Å². The monoisotopic (exact) mass is 218 g/mol. The third-order valence-corrected chi connectivity index (χ3v) is 3.16. The molecule has 0 saturated heterocycles. The van der Waals surface area contributed by atoms with Gasteiger partial charge in [0.05, 0.1) is 12.5 Å². The van der Waals surface area contributed by atoms with Gasteiger partial charge < -0.3 is 4.74 Å². The Morgan fingerprint density at radius 1 is 1.38 bits per heavy atom. The van der Waals surface area contributed by atoms with E-state index in [1.165, 1.54) is 5.56 Å². The van der Waals surface area contributed by atoms with Crippen molar-refractivity contribution in [2.75, 3.05) is 6.61 Å². The standard InChI is InChI=1S/C14H18O2/c1-2-16-14(15)13-10-12(13)9-8-11-6-4-3-5-7-11/h3-7,12-13H,2,8-10H2,1H3/t12-,13+/m0/s1. The minimum atomic E-state index is 0.000520. The maximum Gasteiger partial charge on any atom is 0.309 e. The van der Waals surface area contributed by atoms with Crippen molar-refractivity contribution >= 4 is 5.97 Å². The second-order valence-electron chi connectivity index (χ2n) is 4.38. The summed E-state index contributed by atoms with van der Waals surface area (Å²) in [4.78, 5) is 11.4. The van der Waals surface area contributed by atoms with E-state index in [0.29, 0.717) is 12.5 Å². The summed E-state index contributed by atoms with van der Waals surface area (Å²) >= 11 is 0. The van der Waals surface area contributed by atoms with Crippen LogP contribution < -0.4 is 0 Å². The molecule has 1 fully saturated rings. The summed E-state index contributed by atoms with van der Waals surface area (Å²) in [5.41, 5.74) is 1.36. The Morgan fingerprint density at radius 2 is 2.12 bits per heavy atom. The van der Waals surface area contributed by atoms with Crippen molar-refractivity contribution in [1.82, 2.24) is 0 Å². The molecule has 86 valence electrons. The molecule has 0 N–H and O–H groups in total. The van der Waals surface area contributed by atoms with Gasteiger partial charge in [0.1, 0.15) is 0 Å². The number of aryl methyl sites for hydroxylation is 1. The zero-order chi connectivity index (χ0) is 11.4. The van der Waals surface area contributed by atoms with Gasteiger partial charge in [-0.3, -0.25) is 4.79 Å². The van der Waals surface area contributed by atoms with Crippen molar-refractivity contribution in [3.8, 4) is 0 Å². The van der Waals surface area contributed by atoms with Crippen LogP contribution in [0.4, 0.5) is 0 Å². The van der Waals surface area contributed by atoms with Gasteiger partial charge in [-0.2, -0.15) is 0 Å². The number of hydrogen-bond acceptors (Lipinski definition) is 2. The number of carbonyl (C=O) groups excluding carboxylic acids is 1. The van der Waals surface area contributed by atoms with Crippen LogP contribution in [0.3, 0.4) is 0 Å². The second kappa shape index (κ2) is 5.15. The Kier molecular flexibility index (Phi) is 3.60. The van der Waals surface area contributed by atoms with E-state index in [-0.39, 0.29) is 11.9 Å². The van der Waals surface area contributed by atoms with Crippen LogP contribution in [0.1, 0.15) is 25.3 Å². The lowest BCUT2D eigenvalue weighted by atomic mass is 10.1. The highest BCUT2D eigenvalue weighted by molar-refractivity contribution is 5.75. The SMILES string of the molecule is CCOC(=O)[C@@H]1C[C@@H]1CCc1ccccc1. The highest BCUT2D eigenvalue weighted by Crippen LogP contribution is 2.42. The van der Waals surface area contributed by atoms with Crippen LogP contribution >= 0.6 is 0 Å². The Labute approximate surface area is 96.6 Å². The summed E-state index contributed by atoms with van der Waals surface area (Å²) < 4.78 is 5.01. The van der Waals surface area contributed by atoms with Gasteiger partial charge in [-0.15, -0.1) is 0 Å². The molecule has 0 radical (unpaired) electrons. The summed E-state index contributed by atoms with van der Waals surface area (Å²) in [5, 5.41) is 0. The Hall–Kier alpha value is -1.31. The molecule has 2 rings (SSSR count). The molecule has 0 aromatic heterocycles. The number of benzene rings is 1. The highest BCUT2D eigenvalue weighted by Gasteiger charge is 2.43. The van der Waals surface area contributed by atoms with Crippen molar-refractivity contribution in [2.24, 2.45) is 11.8 Å². The molecule has 0 unspecified atom stereocenters. The van der Waals surface area contributed by atoms with E-state index in [1.807, 2.05) is 13.0 Å². The topological polar surface area (TPSA) is 26.3 Å². The smallest absolute Gasteiger partial charge is 0.309 e. The largest absolute Gasteiger partial charge is 0.466 e. The first-order valence-electron chi connectivity index (χ1n) is 6.02. The van der Waals surface area contributed by atoms with Crippen LogP contribution in [0.15, 0.2) is 30.3 Å². The quantitative estimate of drug-likeness (QED) is 0.710. The van der Waals surface area contributed by atoms with Gasteiger partial charge in [0.15, 0.2) is 0 Å². The van der Waals surface area contributed by atoms with Gasteiger partial charge in [0, 0.05) is 0 Å². The van der Waals surface area contributed by atoms with Crippen LogP contribution in [0, 0.1) is 11.8 Å². The lowest BCUT2D eigenvalue weighted by molar-refractivity contribution is -0.145. The van der Waals surface area contributed by atoms with E-state index in [9.17, 15) is 4.79 Å². The first-order valence-corrected chi connectivity index (χ1v) is 6.02. The summed E-state index contributed by atoms with van der Waals surface area (Å²) in [7, 11) is 0. The highest BCUT2D eigenvalue weighted by atomic mass is 16.5. The van der Waals surface area contributed by atoms with Crippen molar-refractivity contribution in [3.63, 3.8) is 0 Å². The second-order valence-corrected chi connectivity index (χ2v) is 4.38. The fourth-order valence-corrected chi connectivity index (χ4v) is 2.10. The number of rotatable bonds is 5. The molecule has 1 saturated carbocycles. The summed E-state index contributed by atoms with van der Waals surface area (Å²) in [6.45, 7) is 2.36. The lowest BCUT2D eigenvalue weighted by Gasteiger charge is -2.01. The van der Waals surface area contributed by atoms with E-state index >= 15 is 0 Å². The van der Waals surface area contributed by atoms with Crippen LogP contribution in [0.25, 0.3) is 0 Å². The number of ether oxygens (including phenoxy) is 1. The lowest BCUT2D eigenvalue weighted by Crippen LogP contribution is -2.07. The fraction of sp³-hybridized carbons (Fsp3) is 0.500. The summed E-state index contributed by atoms with van der Waals surface area (Å²) in [6, 6.07) is 10.4. The van der Waals surface area contributed by atoms with Crippen LogP contribution in [-0.4, -0.2) is 12.6 Å². The first-order chi connectivity index (χ1) is 7.81. The van der Waals surface area contributed by atoms with Crippen molar-refractivity contribution in [2.45, 2.75) is 26.2 Å². The Morgan fingerprint density at radius 3 is 2.81 bits per heavy atom. The molecule has 1 aromatic carbocycles. The molecule has 2 heteroatoms. The third kappa shape index (κ3) is 2.84. The molecule has 0 bridgehead atoms. The first kappa shape index (κ1) is 11.2. The summed E-state index contributed by atoms with van der Waals surface area (Å²) in [6.07, 6.45) is 3.20. The molecule has 1 aliphatic rings. The summed E-state index contributed by atoms with van der Waals surface area (Å²) in [5.74, 6) is 0.739. The number of hydrogen-bond donors (Lipinski definition) is 0. The van der Waals surface area contributed by atoms with E-state index in [2.05, 4.69) is 24.3 Å². The van der Waals surface area contributed by atoms with Gasteiger partial charge in [-0.1, -0.05) is 30.3 Å². The maximum absolute atomic E-state index is 11.4. The molecule has 1 aliphatic carbocycles. The van der Waals surface area contributed by atoms with Crippen molar-refractivity contribution in [1.29, 1.82) is 0 Å². The normalized spacial score (nSPS) is 22.8. The number of carbonyl (C=O) groups is 1. The molecule has 2 nitrogen and oxygen atoms in total. The molecule has 16 heavy (non-hydrogen) atoms. The fourth-order valence-electron chi connectivity index (χ4n) is 2.10. The van der Waals surface area contributed by atoms with Gasteiger partial charge >= 0.3 is 5.97 Å². The maximum atomic E-state index is 11.4. The van der Waals surface area contributed by atoms with Gasteiger partial charge in [0.25, 0.3) is 0 Å². The predicted octanol–water partition coefficient (Wildman–Crippen LogP) is 2.82. The van der Waals surface area contributed by atoms with E-state index in [4.69, 9.17) is 4.74 Å². The zero-order valence-electron chi connectivity index (χ0n) is 9.69. The van der Waals surface area contributed by atoms with Crippen molar-refractivity contribution < 1.29 is 9.53 Å². The minimum Gasteiger partial charge on any atom is -0.466 e. The third-order valence-electron chi connectivity index (χ3n) is 3.16. The van der Waals surface area contributed by atoms with Crippen molar-refractivity contribution in [3.05, 3.63) is 35.9 Å². The average Bonchev–Trinajstić information content (AvgIpc) is 3.08. The molecule has 0 aliphatic heterocycles. The molecule has 2 atom stereocenters. The zero-order valence-corrected chi connectivity index (χ0v) is 9.69. The molecule has 0 spiro atoms. The van der Waals surface area contributed by atoms with Gasteiger partial charge in [0.2, 0.25) is 0 Å². The molecule has 0 amide bonds. The Balaban J connectivity index is 1.72. The average molecular weight is 218 g/mol. The molecular formula is C14H18O2. The van der Waals surface area contributed by atoms with E-state index < -0.39 is 0 Å². The van der Waals surface area contributed by atoms with Crippen LogP contribution in [0.5, 0.6) is 0 Å². The van der Waals surface area contributed by atoms with Gasteiger partial charge in [-0.25, -0.2) is 0 Å². The number of esters is 1. The molecule has 0 heterocycles. The van der Waals surface area contributed by atoms with E-state index in [1.54, 1.807) is 0 Å². The van der Waals surface area contributed by atoms with Crippen LogP contribution in [0.2, 0.25) is 0 Å². The predicted molar refractivity (Wildman–Crippen MR) is 63.0 cm³/mol. The molecular weight excluding hydrogens is 200 g/mol.